The number of nitrogens with zero attached hydrogens (tertiary/aromatic N) is 2. The van der Waals surface area contributed by atoms with Crippen LogP contribution in [0.25, 0.3) is 0 Å². The fourth-order valence-corrected chi connectivity index (χ4v) is 5.07. The number of amides is 2. The second-order valence-corrected chi connectivity index (χ2v) is 12.0. The van der Waals surface area contributed by atoms with Crippen LogP contribution in [0.4, 0.5) is 10.1 Å². The average molecular weight is 575 g/mol. The van der Waals surface area contributed by atoms with Gasteiger partial charge in [-0.15, -0.1) is 0 Å². The van der Waals surface area contributed by atoms with Crippen molar-refractivity contribution in [1.29, 1.82) is 0 Å². The summed E-state index contributed by atoms with van der Waals surface area (Å²) in [4.78, 5) is 27.9. The number of anilines is 1. The van der Waals surface area contributed by atoms with Gasteiger partial charge in [0.2, 0.25) is 21.8 Å². The summed E-state index contributed by atoms with van der Waals surface area (Å²) in [6.45, 7) is 6.42. The van der Waals surface area contributed by atoms with E-state index in [1.165, 1.54) is 29.2 Å². The molecule has 2 amide bonds. The normalized spacial score (nSPS) is 12.3. The molecule has 2 aromatic carbocycles. The maximum Gasteiger partial charge on any atom is 0.242 e. The summed E-state index contributed by atoms with van der Waals surface area (Å²) < 4.78 is 39.2. The van der Waals surface area contributed by atoms with Gasteiger partial charge in [0.1, 0.15) is 11.9 Å². The van der Waals surface area contributed by atoms with Gasteiger partial charge in [-0.05, 0) is 60.7 Å². The third kappa shape index (κ3) is 9.47. The van der Waals surface area contributed by atoms with Crippen LogP contribution in [0.5, 0.6) is 0 Å². The van der Waals surface area contributed by atoms with Gasteiger partial charge < -0.3 is 10.2 Å². The highest BCUT2D eigenvalue weighted by Gasteiger charge is 2.29. The van der Waals surface area contributed by atoms with Crippen LogP contribution in [0, 0.1) is 11.7 Å². The summed E-state index contributed by atoms with van der Waals surface area (Å²) >= 11 is 12.2. The summed E-state index contributed by atoms with van der Waals surface area (Å²) in [6.07, 6.45) is 1.65. The molecule has 11 heteroatoms. The van der Waals surface area contributed by atoms with E-state index in [2.05, 4.69) is 5.32 Å². The van der Waals surface area contributed by atoms with Crippen molar-refractivity contribution in [2.75, 3.05) is 23.7 Å². The Morgan fingerprint density at radius 1 is 1.05 bits per heavy atom. The van der Waals surface area contributed by atoms with Crippen LogP contribution >= 0.6 is 23.2 Å². The molecule has 0 heterocycles. The number of halogens is 3. The number of hydrogen-bond donors (Lipinski definition) is 1. The van der Waals surface area contributed by atoms with E-state index < -0.39 is 21.9 Å². The summed E-state index contributed by atoms with van der Waals surface area (Å²) in [5, 5.41) is 3.62. The minimum Gasteiger partial charge on any atom is -0.354 e. The Morgan fingerprint density at radius 2 is 1.70 bits per heavy atom. The van der Waals surface area contributed by atoms with E-state index >= 15 is 0 Å². The second kappa shape index (κ2) is 14.0. The van der Waals surface area contributed by atoms with E-state index in [1.807, 2.05) is 20.8 Å². The van der Waals surface area contributed by atoms with Gasteiger partial charge in [-0.25, -0.2) is 12.8 Å². The predicted molar refractivity (Wildman–Crippen MR) is 147 cm³/mol. The number of sulfonamides is 1. The van der Waals surface area contributed by atoms with E-state index in [-0.39, 0.29) is 43.7 Å². The molecule has 37 heavy (non-hydrogen) atoms. The molecule has 0 spiro atoms. The standard InChI is InChI=1S/C26H34Cl2FN3O4S/c1-5-24(26(34)30-16-18(2)3)31(17-19-8-13-22(27)23(28)15-19)25(33)7-6-14-32(37(4,35)36)21-11-9-20(29)10-12-21/h8-13,15,18,24H,5-7,14,16-17H2,1-4H3,(H,30,34)/t24-/m0/s1. The maximum atomic E-state index is 13.4. The smallest absolute Gasteiger partial charge is 0.242 e. The molecule has 0 saturated carbocycles. The molecular weight excluding hydrogens is 540 g/mol. The predicted octanol–water partition coefficient (Wildman–Crippen LogP) is 5.26. The molecule has 0 aromatic heterocycles. The number of hydrogen-bond acceptors (Lipinski definition) is 4. The molecule has 0 aliphatic rings. The van der Waals surface area contributed by atoms with Gasteiger partial charge in [0.25, 0.3) is 0 Å². The van der Waals surface area contributed by atoms with Gasteiger partial charge in [0.05, 0.1) is 22.0 Å². The highest BCUT2D eigenvalue weighted by Crippen LogP contribution is 2.25. The molecule has 1 N–H and O–H groups in total. The molecule has 0 aliphatic heterocycles. The Morgan fingerprint density at radius 3 is 2.24 bits per heavy atom. The molecule has 204 valence electrons. The van der Waals surface area contributed by atoms with Crippen molar-refractivity contribution < 1.29 is 22.4 Å². The first-order valence-electron chi connectivity index (χ1n) is 12.1. The SMILES string of the molecule is CC[C@@H](C(=O)NCC(C)C)N(Cc1ccc(Cl)c(Cl)c1)C(=O)CCCN(c1ccc(F)cc1)S(C)(=O)=O. The molecule has 1 atom stereocenters. The van der Waals surface area contributed by atoms with E-state index in [0.29, 0.717) is 34.3 Å². The van der Waals surface area contributed by atoms with Crippen LogP contribution in [0.2, 0.25) is 10.0 Å². The topological polar surface area (TPSA) is 86.8 Å². The Labute approximate surface area is 229 Å². The van der Waals surface area contributed by atoms with Crippen molar-refractivity contribution in [3.8, 4) is 0 Å². The lowest BCUT2D eigenvalue weighted by molar-refractivity contribution is -0.141. The van der Waals surface area contributed by atoms with Crippen molar-refractivity contribution >= 4 is 50.7 Å². The lowest BCUT2D eigenvalue weighted by Gasteiger charge is -2.31. The van der Waals surface area contributed by atoms with Crippen molar-refractivity contribution in [2.45, 2.75) is 52.6 Å². The molecule has 0 unspecified atom stereocenters. The number of benzene rings is 2. The van der Waals surface area contributed by atoms with Crippen molar-refractivity contribution in [2.24, 2.45) is 5.92 Å². The van der Waals surface area contributed by atoms with E-state index in [9.17, 15) is 22.4 Å². The zero-order valence-corrected chi connectivity index (χ0v) is 23.8. The minimum absolute atomic E-state index is 0.00248. The molecule has 2 aromatic rings. The number of carbonyl (C=O) groups excluding carboxylic acids is 2. The summed E-state index contributed by atoms with van der Waals surface area (Å²) in [7, 11) is -3.66. The van der Waals surface area contributed by atoms with E-state index in [4.69, 9.17) is 23.2 Å². The lowest BCUT2D eigenvalue weighted by atomic mass is 10.1. The highest BCUT2D eigenvalue weighted by atomic mass is 35.5. The van der Waals surface area contributed by atoms with Crippen LogP contribution in [0.3, 0.4) is 0 Å². The molecule has 7 nitrogen and oxygen atoms in total. The first-order valence-corrected chi connectivity index (χ1v) is 14.7. The van der Waals surface area contributed by atoms with Gasteiger partial charge in [-0.2, -0.15) is 0 Å². The summed E-state index contributed by atoms with van der Waals surface area (Å²) in [5.41, 5.74) is 1.02. The molecule has 0 fully saturated rings. The molecule has 0 bridgehead atoms. The highest BCUT2D eigenvalue weighted by molar-refractivity contribution is 7.92. The van der Waals surface area contributed by atoms with Gasteiger partial charge in [0, 0.05) is 26.1 Å². The number of rotatable bonds is 13. The fraction of sp³-hybridized carbons (Fsp3) is 0.462. The molecular formula is C26H34Cl2FN3O4S. The van der Waals surface area contributed by atoms with Crippen LogP contribution < -0.4 is 9.62 Å². The Kier molecular flexibility index (Phi) is 11.7. The molecule has 0 aliphatic carbocycles. The number of carbonyl (C=O) groups is 2. The fourth-order valence-electron chi connectivity index (χ4n) is 3.79. The third-order valence-corrected chi connectivity index (χ3v) is 7.61. The summed E-state index contributed by atoms with van der Waals surface area (Å²) in [6, 6.07) is 9.42. The van der Waals surface area contributed by atoms with E-state index in [0.717, 1.165) is 10.6 Å². The van der Waals surface area contributed by atoms with E-state index in [1.54, 1.807) is 18.2 Å². The molecule has 2 rings (SSSR count). The average Bonchev–Trinajstić information content (AvgIpc) is 2.82. The molecule has 0 saturated heterocycles. The first kappa shape index (κ1) is 30.9. The van der Waals surface area contributed by atoms with Gasteiger partial charge in [0.15, 0.2) is 0 Å². The maximum absolute atomic E-state index is 13.4. The second-order valence-electron chi connectivity index (χ2n) is 9.25. The van der Waals surface area contributed by atoms with Gasteiger partial charge in [-0.3, -0.25) is 13.9 Å². The number of nitrogens with one attached hydrogen (secondary N) is 1. The van der Waals surface area contributed by atoms with Crippen LogP contribution in [-0.4, -0.2) is 50.5 Å². The monoisotopic (exact) mass is 573 g/mol. The zero-order chi connectivity index (χ0) is 27.8. The lowest BCUT2D eigenvalue weighted by Crippen LogP contribution is -2.49. The van der Waals surface area contributed by atoms with Crippen molar-refractivity contribution in [3.63, 3.8) is 0 Å². The van der Waals surface area contributed by atoms with Gasteiger partial charge in [-0.1, -0.05) is 50.0 Å². The quantitative estimate of drug-likeness (QED) is 0.354. The summed E-state index contributed by atoms with van der Waals surface area (Å²) in [5.74, 6) is -0.792. The largest absolute Gasteiger partial charge is 0.354 e. The Bertz CT molecular complexity index is 1180. The Hall–Kier alpha value is -2.36. The van der Waals surface area contributed by atoms with Crippen molar-refractivity contribution in [3.05, 3.63) is 63.9 Å². The van der Waals surface area contributed by atoms with Crippen LogP contribution in [-0.2, 0) is 26.2 Å². The van der Waals surface area contributed by atoms with Crippen molar-refractivity contribution in [1.82, 2.24) is 10.2 Å². The van der Waals surface area contributed by atoms with Gasteiger partial charge >= 0.3 is 0 Å². The third-order valence-electron chi connectivity index (χ3n) is 5.67. The van der Waals surface area contributed by atoms with Crippen LogP contribution in [0.1, 0.15) is 45.6 Å². The Balaban J connectivity index is 2.23. The molecule has 0 radical (unpaired) electrons. The zero-order valence-electron chi connectivity index (χ0n) is 21.5. The van der Waals surface area contributed by atoms with Crippen LogP contribution in [0.15, 0.2) is 42.5 Å². The first-order chi connectivity index (χ1) is 17.3. The minimum atomic E-state index is -3.66.